The van der Waals surface area contributed by atoms with Gasteiger partial charge in [-0.15, -0.1) is 11.3 Å². The molecular formula is C13H10BrClN2O4S2. The molecule has 0 aliphatic heterocycles. The number of nitrogens with one attached hydrogen (secondary N) is 2. The maximum atomic E-state index is 12.1. The summed E-state index contributed by atoms with van der Waals surface area (Å²) in [4.78, 5) is 24.3. The van der Waals surface area contributed by atoms with Crippen molar-refractivity contribution in [3.05, 3.63) is 49.6 Å². The smallest absolute Gasteiger partial charge is 0.267 e. The maximum Gasteiger partial charge on any atom is 0.279 e. The molecule has 0 aliphatic carbocycles. The number of hydrogen-bond donors (Lipinski definition) is 2. The Hall–Kier alpha value is -1.42. The fourth-order valence-electron chi connectivity index (χ4n) is 1.59. The Morgan fingerprint density at radius 3 is 2.35 bits per heavy atom. The zero-order chi connectivity index (χ0) is 17.2. The van der Waals surface area contributed by atoms with Crippen LogP contribution in [-0.2, 0) is 9.84 Å². The van der Waals surface area contributed by atoms with Gasteiger partial charge in [-0.05, 0) is 46.3 Å². The van der Waals surface area contributed by atoms with Crippen LogP contribution >= 0.6 is 38.9 Å². The largest absolute Gasteiger partial charge is 0.279 e. The van der Waals surface area contributed by atoms with E-state index >= 15 is 0 Å². The number of halogens is 2. The summed E-state index contributed by atoms with van der Waals surface area (Å²) >= 11 is 10.3. The van der Waals surface area contributed by atoms with Gasteiger partial charge in [-0.1, -0.05) is 11.6 Å². The first-order chi connectivity index (χ1) is 10.7. The minimum atomic E-state index is -3.48. The number of benzene rings is 1. The number of hydrogen-bond acceptors (Lipinski definition) is 5. The van der Waals surface area contributed by atoms with Crippen LogP contribution in [0.1, 0.15) is 20.0 Å². The first kappa shape index (κ1) is 17.9. The summed E-state index contributed by atoms with van der Waals surface area (Å²) in [5.41, 5.74) is 4.39. The van der Waals surface area contributed by atoms with Gasteiger partial charge in [0.1, 0.15) is 0 Å². The van der Waals surface area contributed by atoms with E-state index in [9.17, 15) is 18.0 Å². The highest BCUT2D eigenvalue weighted by atomic mass is 79.9. The third-order valence-electron chi connectivity index (χ3n) is 2.70. The summed E-state index contributed by atoms with van der Waals surface area (Å²) in [5, 5.41) is 0.0722. The van der Waals surface area contributed by atoms with Gasteiger partial charge >= 0.3 is 0 Å². The van der Waals surface area contributed by atoms with E-state index in [2.05, 4.69) is 26.8 Å². The average molecular weight is 438 g/mol. The normalized spacial score (nSPS) is 11.1. The number of rotatable bonds is 3. The van der Waals surface area contributed by atoms with Crippen LogP contribution in [0.15, 0.2) is 39.0 Å². The zero-order valence-corrected chi connectivity index (χ0v) is 15.6. The van der Waals surface area contributed by atoms with Crippen molar-refractivity contribution in [3.8, 4) is 0 Å². The van der Waals surface area contributed by atoms with Crippen LogP contribution in [0, 0.1) is 0 Å². The Balaban J connectivity index is 2.13. The van der Waals surface area contributed by atoms with Gasteiger partial charge in [-0.3, -0.25) is 20.4 Å². The molecule has 0 spiro atoms. The number of carbonyl (C=O) groups is 2. The Morgan fingerprint density at radius 2 is 1.78 bits per heavy atom. The van der Waals surface area contributed by atoms with Gasteiger partial charge in [0.2, 0.25) is 0 Å². The van der Waals surface area contributed by atoms with Crippen molar-refractivity contribution in [2.24, 2.45) is 0 Å². The van der Waals surface area contributed by atoms with Crippen molar-refractivity contribution >= 4 is 60.5 Å². The fourth-order valence-corrected chi connectivity index (χ4v) is 3.72. The Kier molecular flexibility index (Phi) is 5.45. The van der Waals surface area contributed by atoms with E-state index in [1.54, 1.807) is 12.1 Å². The van der Waals surface area contributed by atoms with Crippen LogP contribution < -0.4 is 10.9 Å². The third kappa shape index (κ3) is 4.54. The highest BCUT2D eigenvalue weighted by Gasteiger charge is 2.16. The van der Waals surface area contributed by atoms with Crippen molar-refractivity contribution in [3.63, 3.8) is 0 Å². The van der Waals surface area contributed by atoms with Crippen LogP contribution in [0.3, 0.4) is 0 Å². The second-order valence-corrected chi connectivity index (χ2v) is 9.31. The molecule has 0 saturated carbocycles. The lowest BCUT2D eigenvalue weighted by atomic mass is 10.2. The van der Waals surface area contributed by atoms with E-state index in [4.69, 9.17) is 11.6 Å². The lowest BCUT2D eigenvalue weighted by Gasteiger charge is -2.09. The van der Waals surface area contributed by atoms with E-state index in [-0.39, 0.29) is 15.5 Å². The van der Waals surface area contributed by atoms with E-state index in [0.717, 1.165) is 16.1 Å². The van der Waals surface area contributed by atoms with Gasteiger partial charge < -0.3 is 0 Å². The summed E-state index contributed by atoms with van der Waals surface area (Å²) in [6.45, 7) is 0. The van der Waals surface area contributed by atoms with Crippen molar-refractivity contribution in [2.45, 2.75) is 4.90 Å². The predicted molar refractivity (Wildman–Crippen MR) is 91.5 cm³/mol. The topological polar surface area (TPSA) is 92.3 Å². The van der Waals surface area contributed by atoms with Crippen LogP contribution in [0.25, 0.3) is 0 Å². The number of sulfone groups is 1. The lowest BCUT2D eigenvalue weighted by molar-refractivity contribution is 0.0849. The maximum absolute atomic E-state index is 12.1. The standard InChI is InChI=1S/C13H10BrClN2O4S2/c1-23(20,21)7-2-3-9(15)8(6-7)12(18)16-17-13(19)10-4-5-11(14)22-10/h2-6H,1H3,(H,16,18)(H,17,19). The van der Waals surface area contributed by atoms with Crippen molar-refractivity contribution in [1.82, 2.24) is 10.9 Å². The molecule has 2 amide bonds. The zero-order valence-electron chi connectivity index (χ0n) is 11.6. The molecule has 0 unspecified atom stereocenters. The van der Waals surface area contributed by atoms with E-state index in [1.165, 1.54) is 23.5 Å². The van der Waals surface area contributed by atoms with Gasteiger partial charge in [-0.25, -0.2) is 8.42 Å². The number of hydrazine groups is 1. The predicted octanol–water partition coefficient (Wildman–Crippen LogP) is 2.64. The molecule has 1 aromatic carbocycles. The molecule has 0 radical (unpaired) electrons. The molecule has 0 bridgehead atoms. The fraction of sp³-hybridized carbons (Fsp3) is 0.0769. The van der Waals surface area contributed by atoms with Gasteiger partial charge in [0.05, 0.1) is 24.1 Å². The van der Waals surface area contributed by atoms with Gasteiger partial charge in [-0.2, -0.15) is 0 Å². The summed E-state index contributed by atoms with van der Waals surface area (Å²) in [6, 6.07) is 7.06. The molecule has 0 saturated heterocycles. The first-order valence-corrected chi connectivity index (χ1v) is 9.92. The molecule has 10 heteroatoms. The molecule has 6 nitrogen and oxygen atoms in total. The van der Waals surface area contributed by atoms with Crippen LogP contribution in [0.5, 0.6) is 0 Å². The monoisotopic (exact) mass is 436 g/mol. The Morgan fingerprint density at radius 1 is 1.13 bits per heavy atom. The first-order valence-electron chi connectivity index (χ1n) is 6.04. The molecule has 0 atom stereocenters. The average Bonchev–Trinajstić information content (AvgIpc) is 2.90. The number of carbonyl (C=O) groups excluding carboxylic acids is 2. The summed E-state index contributed by atoms with van der Waals surface area (Å²) in [6.07, 6.45) is 1.02. The molecule has 0 fully saturated rings. The highest BCUT2D eigenvalue weighted by Crippen LogP contribution is 2.22. The summed E-state index contributed by atoms with van der Waals surface area (Å²) in [5.74, 6) is -1.21. The summed E-state index contributed by atoms with van der Waals surface area (Å²) < 4.78 is 23.8. The van der Waals surface area contributed by atoms with Crippen LogP contribution in [-0.4, -0.2) is 26.5 Å². The minimum absolute atomic E-state index is 0.0411. The van der Waals surface area contributed by atoms with Crippen molar-refractivity contribution in [1.29, 1.82) is 0 Å². The molecule has 1 heterocycles. The molecule has 2 N–H and O–H groups in total. The van der Waals surface area contributed by atoms with Gasteiger partial charge in [0, 0.05) is 6.26 Å². The molecule has 2 aromatic rings. The Bertz CT molecular complexity index is 880. The quantitative estimate of drug-likeness (QED) is 0.722. The van der Waals surface area contributed by atoms with E-state index in [0.29, 0.717) is 4.88 Å². The van der Waals surface area contributed by atoms with Gasteiger partial charge in [0.15, 0.2) is 9.84 Å². The van der Waals surface area contributed by atoms with E-state index in [1.807, 2.05) is 0 Å². The van der Waals surface area contributed by atoms with Crippen molar-refractivity contribution in [2.75, 3.05) is 6.26 Å². The summed E-state index contributed by atoms with van der Waals surface area (Å²) in [7, 11) is -3.48. The molecule has 23 heavy (non-hydrogen) atoms. The molecule has 0 aliphatic rings. The number of thiophene rings is 1. The number of amides is 2. The Labute approximate surface area is 149 Å². The lowest BCUT2D eigenvalue weighted by Crippen LogP contribution is -2.41. The van der Waals surface area contributed by atoms with Crippen LogP contribution in [0.2, 0.25) is 5.02 Å². The SMILES string of the molecule is CS(=O)(=O)c1ccc(Cl)c(C(=O)NNC(=O)c2ccc(Br)s2)c1. The molecule has 122 valence electrons. The second-order valence-electron chi connectivity index (χ2n) is 4.43. The minimum Gasteiger partial charge on any atom is -0.267 e. The van der Waals surface area contributed by atoms with Crippen molar-refractivity contribution < 1.29 is 18.0 Å². The van der Waals surface area contributed by atoms with Gasteiger partial charge in [0.25, 0.3) is 11.8 Å². The van der Waals surface area contributed by atoms with E-state index < -0.39 is 21.7 Å². The van der Waals surface area contributed by atoms with Crippen LogP contribution in [0.4, 0.5) is 0 Å². The molecule has 2 rings (SSSR count). The molecule has 1 aromatic heterocycles. The second kappa shape index (κ2) is 7.00. The highest BCUT2D eigenvalue weighted by molar-refractivity contribution is 9.11. The molecular weight excluding hydrogens is 428 g/mol. The third-order valence-corrected chi connectivity index (χ3v) is 5.76.